The van der Waals surface area contributed by atoms with E-state index < -0.39 is 17.6 Å². The fraction of sp³-hybridized carbons (Fsp3) is 0.250. The molecule has 0 bridgehead atoms. The number of hydrogen-bond donors (Lipinski definition) is 0. The summed E-state index contributed by atoms with van der Waals surface area (Å²) in [7, 11) is 0. The molecule has 0 heterocycles. The van der Waals surface area contributed by atoms with Crippen molar-refractivity contribution >= 4 is 0 Å². The minimum atomic E-state index is -4.44. The van der Waals surface area contributed by atoms with E-state index >= 15 is 0 Å². The van der Waals surface area contributed by atoms with Crippen LogP contribution in [0.5, 0.6) is 0 Å². The summed E-state index contributed by atoms with van der Waals surface area (Å²) < 4.78 is 49.7. The first kappa shape index (κ1) is 14.0. The fourth-order valence-electron chi connectivity index (χ4n) is 1.08. The molecule has 1 aromatic rings. The fourth-order valence-corrected chi connectivity index (χ4v) is 2.14. The Balaban J connectivity index is 0.00000169. The molecule has 0 fully saturated rings. The molecule has 0 spiro atoms. The zero-order valence-electron chi connectivity index (χ0n) is 7.04. The van der Waals surface area contributed by atoms with E-state index in [0.29, 0.717) is 18.3 Å². The second kappa shape index (κ2) is 5.22. The number of alkyl halides is 3. The molecule has 0 N–H and O–H groups in total. The summed E-state index contributed by atoms with van der Waals surface area (Å²) >= 11 is 0.615. The molecule has 0 amide bonds. The first-order valence-corrected chi connectivity index (χ1v) is 5.70. The van der Waals surface area contributed by atoms with Gasteiger partial charge in [-0.15, -0.1) is 0 Å². The van der Waals surface area contributed by atoms with Crippen molar-refractivity contribution in [3.05, 3.63) is 35.1 Å². The van der Waals surface area contributed by atoms with Crippen LogP contribution in [0, 0.1) is 5.82 Å². The number of halogens is 5. The second-order valence-electron chi connectivity index (χ2n) is 2.51. The normalized spacial score (nSPS) is 11.0. The summed E-state index contributed by atoms with van der Waals surface area (Å²) in [6.45, 7) is 0. The van der Waals surface area contributed by atoms with Crippen molar-refractivity contribution in [3.8, 4) is 0 Å². The molecule has 1 aromatic carbocycles. The van der Waals surface area contributed by atoms with Gasteiger partial charge in [0.15, 0.2) is 0 Å². The molecule has 0 aliphatic heterocycles. The summed E-state index contributed by atoms with van der Waals surface area (Å²) in [5.41, 5.74) is -1.06. The Kier molecular flexibility index (Phi) is 5.23. The van der Waals surface area contributed by atoms with Gasteiger partial charge in [-0.05, 0) is 0 Å². The van der Waals surface area contributed by atoms with Crippen LogP contribution in [0.25, 0.3) is 0 Å². The van der Waals surface area contributed by atoms with Crippen LogP contribution in [-0.4, -0.2) is 0 Å². The van der Waals surface area contributed by atoms with Crippen LogP contribution in [-0.2, 0) is 29.5 Å². The van der Waals surface area contributed by atoms with Gasteiger partial charge in [0.1, 0.15) is 0 Å². The molecular weight excluding hydrogens is 317 g/mol. The van der Waals surface area contributed by atoms with E-state index in [1.165, 1.54) is 0 Å². The standard InChI is InChI=1S/C8H5F4.BrH.Zn/c1-5-6(8(10,11)12)3-2-4-7(5)9;;/h2-4H,1H2;1H;/q;;+1/p-1. The SMILES string of the molecule is Fc1cccc(C(F)(F)F)c1[CH2][Zn+].[Br-]. The largest absolute Gasteiger partial charge is 1.00 e. The quantitative estimate of drug-likeness (QED) is 0.500. The average Bonchev–Trinajstić information content (AvgIpc) is 2.02. The van der Waals surface area contributed by atoms with Crippen molar-refractivity contribution in [1.82, 2.24) is 0 Å². The number of hydrogen-bond acceptors (Lipinski definition) is 0. The molecule has 74 valence electrons. The second-order valence-corrected chi connectivity index (χ2v) is 3.56. The zero-order valence-corrected chi connectivity index (χ0v) is 11.6. The molecule has 0 saturated carbocycles. The summed E-state index contributed by atoms with van der Waals surface area (Å²) in [5, 5.41) is 0.168. The van der Waals surface area contributed by atoms with Gasteiger partial charge >= 0.3 is 82.2 Å². The van der Waals surface area contributed by atoms with Gasteiger partial charge in [-0.25, -0.2) is 0 Å². The van der Waals surface area contributed by atoms with Gasteiger partial charge in [-0.2, -0.15) is 0 Å². The summed E-state index contributed by atoms with van der Waals surface area (Å²) in [6, 6.07) is 3.05. The molecule has 1 rings (SSSR count). The van der Waals surface area contributed by atoms with Gasteiger partial charge in [-0.1, -0.05) is 0 Å². The monoisotopic (exact) mass is 320 g/mol. The maximum atomic E-state index is 12.9. The molecule has 6 heteroatoms. The van der Waals surface area contributed by atoms with Crippen molar-refractivity contribution in [3.63, 3.8) is 0 Å². The van der Waals surface area contributed by atoms with Crippen LogP contribution in [0.1, 0.15) is 11.1 Å². The smallest absolute Gasteiger partial charge is 1.00 e. The van der Waals surface area contributed by atoms with E-state index in [9.17, 15) is 17.6 Å². The van der Waals surface area contributed by atoms with Crippen molar-refractivity contribution < 1.29 is 52.8 Å². The minimum Gasteiger partial charge on any atom is -1.00 e. The van der Waals surface area contributed by atoms with E-state index in [-0.39, 0.29) is 27.6 Å². The van der Waals surface area contributed by atoms with Crippen molar-refractivity contribution in [2.24, 2.45) is 0 Å². The number of benzene rings is 1. The van der Waals surface area contributed by atoms with E-state index in [0.717, 1.165) is 18.2 Å². The van der Waals surface area contributed by atoms with Crippen LogP contribution in [0.4, 0.5) is 17.6 Å². The predicted octanol–water partition coefficient (Wildman–Crippen LogP) is -0.105. The van der Waals surface area contributed by atoms with Gasteiger partial charge in [0, 0.05) is 0 Å². The van der Waals surface area contributed by atoms with E-state index in [4.69, 9.17) is 0 Å². The number of rotatable bonds is 1. The van der Waals surface area contributed by atoms with Gasteiger partial charge in [0.2, 0.25) is 0 Å². The Morgan fingerprint density at radius 2 is 1.79 bits per heavy atom. The maximum Gasteiger partial charge on any atom is -1.00 e. The molecule has 0 aliphatic carbocycles. The van der Waals surface area contributed by atoms with Crippen LogP contribution in [0.15, 0.2) is 18.2 Å². The Hall–Kier alpha value is 0.0434. The summed E-state index contributed by atoms with van der Waals surface area (Å²) in [5.74, 6) is -0.763. The third-order valence-electron chi connectivity index (χ3n) is 1.67. The molecule has 0 aliphatic rings. The van der Waals surface area contributed by atoms with Crippen molar-refractivity contribution in [2.45, 2.75) is 11.2 Å². The Bertz CT molecular complexity index is 311. The van der Waals surface area contributed by atoms with Gasteiger partial charge in [0.25, 0.3) is 0 Å². The molecule has 0 nitrogen and oxygen atoms in total. The molecule has 0 aromatic heterocycles. The van der Waals surface area contributed by atoms with Crippen LogP contribution >= 0.6 is 0 Å². The molecule has 14 heavy (non-hydrogen) atoms. The summed E-state index contributed by atoms with van der Waals surface area (Å²) in [4.78, 5) is 0. The Morgan fingerprint density at radius 1 is 1.21 bits per heavy atom. The Morgan fingerprint density at radius 3 is 2.14 bits per heavy atom. The molecule has 0 atom stereocenters. The Labute approximate surface area is 99.1 Å². The van der Waals surface area contributed by atoms with Crippen molar-refractivity contribution in [2.75, 3.05) is 0 Å². The van der Waals surface area contributed by atoms with E-state index in [1.807, 2.05) is 0 Å². The van der Waals surface area contributed by atoms with Crippen molar-refractivity contribution in [1.29, 1.82) is 0 Å². The minimum absolute atomic E-state index is 0. The van der Waals surface area contributed by atoms with Gasteiger partial charge in [-0.3, -0.25) is 0 Å². The van der Waals surface area contributed by atoms with E-state index in [1.54, 1.807) is 0 Å². The van der Waals surface area contributed by atoms with Crippen LogP contribution in [0.3, 0.4) is 0 Å². The topological polar surface area (TPSA) is 0 Å². The molecule has 0 unspecified atom stereocenters. The molecular formula is C8H5BrF4Zn. The third kappa shape index (κ3) is 3.02. The summed E-state index contributed by atoms with van der Waals surface area (Å²) in [6.07, 6.45) is -4.44. The predicted molar refractivity (Wildman–Crippen MR) is 35.1 cm³/mol. The van der Waals surface area contributed by atoms with E-state index in [2.05, 4.69) is 0 Å². The van der Waals surface area contributed by atoms with Gasteiger partial charge in [0.05, 0.1) is 0 Å². The maximum absolute atomic E-state index is 12.9. The first-order valence-electron chi connectivity index (χ1n) is 3.60. The van der Waals surface area contributed by atoms with Gasteiger partial charge < -0.3 is 17.0 Å². The average molecular weight is 322 g/mol. The van der Waals surface area contributed by atoms with Crippen LogP contribution < -0.4 is 17.0 Å². The first-order chi connectivity index (χ1) is 5.96. The molecule has 0 radical (unpaired) electrons. The zero-order chi connectivity index (χ0) is 10.1. The van der Waals surface area contributed by atoms with Crippen LogP contribution in [0.2, 0.25) is 0 Å². The molecule has 0 saturated heterocycles. The third-order valence-corrected chi connectivity index (χ3v) is 2.72.